The standard InChI is InChI=1S/C32H32ClFN6O4/c1-42-32(41)20-3-5-26-28(13-20)40(16-24-8-11-43-24)29(37-26)17-39-9-6-19(7-10-39)27-12-22(15-35)30(36)31(38-27)44-18-21-2-4-23(33)14-25(21)34/h2-6,12-15,24,35H,7-11,16-18,36H2,1H3/p+1. The number of nitrogen functional groups attached to an aromatic ring is 1. The molecule has 1 saturated heterocycles. The van der Waals surface area contributed by atoms with Gasteiger partial charge in [0, 0.05) is 30.3 Å². The van der Waals surface area contributed by atoms with Crippen LogP contribution in [0.5, 0.6) is 5.88 Å². The van der Waals surface area contributed by atoms with Gasteiger partial charge in [0.1, 0.15) is 23.9 Å². The van der Waals surface area contributed by atoms with Gasteiger partial charge in [-0.05, 0) is 54.8 Å². The van der Waals surface area contributed by atoms with Gasteiger partial charge >= 0.3 is 5.97 Å². The summed E-state index contributed by atoms with van der Waals surface area (Å²) in [4.78, 5) is 24.1. The molecule has 2 aliphatic rings. The van der Waals surface area contributed by atoms with E-state index < -0.39 is 5.82 Å². The molecule has 10 nitrogen and oxygen atoms in total. The number of carbonyl (C=O) groups is 1. The normalized spacial score (nSPS) is 16.8. The number of halogens is 2. The highest BCUT2D eigenvalue weighted by molar-refractivity contribution is 6.30. The van der Waals surface area contributed by atoms with Gasteiger partial charge in [0.15, 0.2) is 6.21 Å². The molecule has 0 amide bonds. The van der Waals surface area contributed by atoms with Gasteiger partial charge in [-0.3, -0.25) is 10.3 Å². The molecule has 4 heterocycles. The first-order valence-electron chi connectivity index (χ1n) is 14.4. The van der Waals surface area contributed by atoms with E-state index >= 15 is 0 Å². The Kier molecular flexibility index (Phi) is 8.60. The van der Waals surface area contributed by atoms with Crippen molar-refractivity contribution in [3.8, 4) is 5.88 Å². The first kappa shape index (κ1) is 29.7. The maximum absolute atomic E-state index is 14.3. The Labute approximate surface area is 258 Å². The van der Waals surface area contributed by atoms with Crippen LogP contribution in [-0.2, 0) is 29.2 Å². The molecule has 1 atom stereocenters. The number of hydrogen-bond acceptors (Lipinski definition) is 8. The Morgan fingerprint density at radius 2 is 2.09 bits per heavy atom. The summed E-state index contributed by atoms with van der Waals surface area (Å²) in [6.07, 6.45) is 5.38. The Hall–Kier alpha value is -4.32. The fraction of sp³-hybridized carbons (Fsp3) is 0.312. The molecule has 2 aromatic heterocycles. The van der Waals surface area contributed by atoms with Crippen LogP contribution in [0, 0.1) is 5.82 Å². The van der Waals surface area contributed by atoms with Gasteiger partial charge in [-0.1, -0.05) is 23.7 Å². The van der Waals surface area contributed by atoms with Crippen molar-refractivity contribution in [3.05, 3.63) is 87.6 Å². The Balaban J connectivity index is 1.21. The molecule has 4 aromatic rings. The molecule has 228 valence electrons. The van der Waals surface area contributed by atoms with Crippen LogP contribution in [0.15, 0.2) is 48.5 Å². The first-order valence-corrected chi connectivity index (χ1v) is 14.7. The molecule has 44 heavy (non-hydrogen) atoms. The third-order valence-corrected chi connectivity index (χ3v) is 8.27. The van der Waals surface area contributed by atoms with Gasteiger partial charge in [-0.2, -0.15) is 0 Å². The van der Waals surface area contributed by atoms with Crippen molar-refractivity contribution in [2.75, 3.05) is 32.5 Å². The number of aromatic nitrogens is 3. The lowest BCUT2D eigenvalue weighted by molar-refractivity contribution is -0.104. The van der Waals surface area contributed by atoms with Crippen molar-refractivity contribution in [2.24, 2.45) is 0 Å². The van der Waals surface area contributed by atoms with E-state index in [2.05, 4.69) is 20.5 Å². The summed E-state index contributed by atoms with van der Waals surface area (Å²) in [7, 11) is 1.38. The third kappa shape index (κ3) is 6.17. The zero-order chi connectivity index (χ0) is 30.8. The van der Waals surface area contributed by atoms with Crippen LogP contribution in [0.2, 0.25) is 5.02 Å². The molecule has 0 bridgehead atoms. The average Bonchev–Trinajstić information content (AvgIpc) is 3.34. The second-order valence-corrected chi connectivity index (χ2v) is 11.3. The van der Waals surface area contributed by atoms with Gasteiger partial charge in [0.2, 0.25) is 5.88 Å². The number of nitrogens with two attached hydrogens (primary N) is 2. The summed E-state index contributed by atoms with van der Waals surface area (Å²) in [5, 5.41) is 6.17. The van der Waals surface area contributed by atoms with E-state index in [4.69, 9.17) is 41.9 Å². The molecule has 0 aliphatic carbocycles. The lowest BCUT2D eigenvalue weighted by atomic mass is 10.0. The Bertz CT molecular complexity index is 1770. The summed E-state index contributed by atoms with van der Waals surface area (Å²) >= 11 is 5.87. The molecule has 1 unspecified atom stereocenters. The minimum Gasteiger partial charge on any atom is -0.471 e. The molecule has 12 heteroatoms. The van der Waals surface area contributed by atoms with Crippen molar-refractivity contribution in [1.82, 2.24) is 19.4 Å². The van der Waals surface area contributed by atoms with Crippen molar-refractivity contribution >= 4 is 46.1 Å². The van der Waals surface area contributed by atoms with E-state index in [1.165, 1.54) is 19.4 Å². The number of benzene rings is 2. The number of nitrogens with zero attached hydrogens (tertiary/aromatic N) is 4. The van der Waals surface area contributed by atoms with Crippen LogP contribution in [-0.4, -0.2) is 64.5 Å². The van der Waals surface area contributed by atoms with E-state index in [9.17, 15) is 9.18 Å². The van der Waals surface area contributed by atoms with Crippen LogP contribution >= 0.6 is 11.6 Å². The largest absolute Gasteiger partial charge is 0.471 e. The zero-order valence-electron chi connectivity index (χ0n) is 24.3. The first-order chi connectivity index (χ1) is 21.3. The number of rotatable bonds is 10. The molecule has 1 fully saturated rings. The SMILES string of the molecule is COC(=O)c1ccc2nc(CN3CC=C(c4cc(C=[NH2+])c(N)c(OCc5ccc(Cl)cc5F)n4)CC3)n(CC3CCO3)c2c1. The maximum Gasteiger partial charge on any atom is 0.337 e. The van der Waals surface area contributed by atoms with Crippen LogP contribution in [0.1, 0.15) is 45.8 Å². The summed E-state index contributed by atoms with van der Waals surface area (Å²) < 4.78 is 33.0. The van der Waals surface area contributed by atoms with Gasteiger partial charge in [-0.25, -0.2) is 19.2 Å². The molecule has 0 radical (unpaired) electrons. The highest BCUT2D eigenvalue weighted by Gasteiger charge is 2.25. The van der Waals surface area contributed by atoms with E-state index in [0.717, 1.165) is 48.4 Å². The number of anilines is 1. The van der Waals surface area contributed by atoms with Crippen LogP contribution in [0.4, 0.5) is 10.1 Å². The van der Waals surface area contributed by atoms with Crippen molar-refractivity contribution in [1.29, 1.82) is 0 Å². The smallest absolute Gasteiger partial charge is 0.337 e. The number of fused-ring (bicyclic) bond motifs is 1. The highest BCUT2D eigenvalue weighted by atomic mass is 35.5. The molecular formula is C32H33ClFN6O4+. The van der Waals surface area contributed by atoms with E-state index in [1.807, 2.05) is 18.2 Å². The Morgan fingerprint density at radius 3 is 2.77 bits per heavy atom. The minimum absolute atomic E-state index is 0.0610. The summed E-state index contributed by atoms with van der Waals surface area (Å²) in [5.41, 5.74) is 11.4. The molecule has 2 aromatic carbocycles. The van der Waals surface area contributed by atoms with Gasteiger partial charge in [-0.15, -0.1) is 0 Å². The molecule has 6 rings (SSSR count). The fourth-order valence-corrected chi connectivity index (χ4v) is 5.57. The topological polar surface area (TPSA) is 130 Å². The van der Waals surface area contributed by atoms with E-state index in [1.54, 1.807) is 18.2 Å². The summed E-state index contributed by atoms with van der Waals surface area (Å²) in [5.74, 6) is 0.248. The fourth-order valence-electron chi connectivity index (χ4n) is 5.41. The molecule has 2 aliphatic heterocycles. The van der Waals surface area contributed by atoms with Crippen molar-refractivity contribution < 1.29 is 28.8 Å². The second kappa shape index (κ2) is 12.7. The quantitative estimate of drug-likeness (QED) is 0.204. The van der Waals surface area contributed by atoms with Gasteiger partial charge in [0.25, 0.3) is 0 Å². The maximum atomic E-state index is 14.3. The van der Waals surface area contributed by atoms with Crippen molar-refractivity contribution in [2.45, 2.75) is 38.6 Å². The lowest BCUT2D eigenvalue weighted by Crippen LogP contribution is -2.33. The molecule has 0 spiro atoms. The van der Waals surface area contributed by atoms with Gasteiger partial charge in [0.05, 0.1) is 54.2 Å². The third-order valence-electron chi connectivity index (χ3n) is 8.03. The number of carbonyl (C=O) groups excluding carboxylic acids is 1. The van der Waals surface area contributed by atoms with E-state index in [-0.39, 0.29) is 30.2 Å². The summed E-state index contributed by atoms with van der Waals surface area (Å²) in [6, 6.07) is 11.7. The van der Waals surface area contributed by atoms with E-state index in [0.29, 0.717) is 47.0 Å². The minimum atomic E-state index is -0.467. The number of ether oxygens (including phenoxy) is 3. The zero-order valence-corrected chi connectivity index (χ0v) is 25.0. The predicted octanol–water partition coefficient (Wildman–Crippen LogP) is 3.43. The predicted molar refractivity (Wildman–Crippen MR) is 165 cm³/mol. The summed E-state index contributed by atoms with van der Waals surface area (Å²) in [6.45, 7) is 3.43. The number of hydrogen-bond donors (Lipinski definition) is 2. The molecule has 0 saturated carbocycles. The number of pyridine rings is 1. The Morgan fingerprint density at radius 1 is 1.25 bits per heavy atom. The molecule has 4 N–H and O–H groups in total. The second-order valence-electron chi connectivity index (χ2n) is 10.8. The number of imidazole rings is 1. The average molecular weight is 620 g/mol. The monoisotopic (exact) mass is 619 g/mol. The van der Waals surface area contributed by atoms with Crippen LogP contribution in [0.3, 0.4) is 0 Å². The highest BCUT2D eigenvalue weighted by Crippen LogP contribution is 2.31. The lowest BCUT2D eigenvalue weighted by Gasteiger charge is -2.29. The van der Waals surface area contributed by atoms with Crippen molar-refractivity contribution in [3.63, 3.8) is 0 Å². The van der Waals surface area contributed by atoms with Crippen LogP contribution < -0.4 is 15.9 Å². The van der Waals surface area contributed by atoms with Crippen LogP contribution in [0.25, 0.3) is 16.6 Å². The number of methoxy groups -OCH3 is 1. The van der Waals surface area contributed by atoms with Gasteiger partial charge < -0.3 is 24.5 Å². The number of esters is 1. The molecular weight excluding hydrogens is 587 g/mol.